The minimum absolute atomic E-state index is 0.0336. The van der Waals surface area contributed by atoms with Gasteiger partial charge in [-0.15, -0.1) is 0 Å². The molecule has 3 rings (SSSR count). The number of rotatable bonds is 3. The van der Waals surface area contributed by atoms with Crippen molar-refractivity contribution in [3.05, 3.63) is 71.3 Å². The number of hydrogen-bond donors (Lipinski definition) is 3. The maximum atomic E-state index is 12.0. The fourth-order valence-electron chi connectivity index (χ4n) is 2.63. The summed E-state index contributed by atoms with van der Waals surface area (Å²) in [5.41, 5.74) is 5.28. The van der Waals surface area contributed by atoms with Gasteiger partial charge in [-0.2, -0.15) is 5.10 Å². The molecule has 0 bridgehead atoms. The molecule has 6 nitrogen and oxygen atoms in total. The summed E-state index contributed by atoms with van der Waals surface area (Å²) in [6, 6.07) is 16.2. The standard InChI is InChI=1S/C21H19N3O3/c1-13-7-9-16(11-14(13)2)23-20(26)21(27)24-22-12-18-17-6-4-3-5-15(17)8-10-19(18)25/h3-12,25H,1-2H3,(H,23,26)(H,24,27)/b22-12+. The van der Waals surface area contributed by atoms with E-state index >= 15 is 0 Å². The minimum Gasteiger partial charge on any atom is -0.507 e. The van der Waals surface area contributed by atoms with Crippen LogP contribution in [0.25, 0.3) is 10.8 Å². The first-order valence-corrected chi connectivity index (χ1v) is 8.38. The van der Waals surface area contributed by atoms with E-state index in [1.54, 1.807) is 24.3 Å². The Labute approximate surface area is 156 Å². The number of nitrogens with one attached hydrogen (secondary N) is 2. The van der Waals surface area contributed by atoms with Crippen molar-refractivity contribution in [2.24, 2.45) is 5.10 Å². The van der Waals surface area contributed by atoms with E-state index in [9.17, 15) is 14.7 Å². The second kappa shape index (κ2) is 7.70. The van der Waals surface area contributed by atoms with Crippen LogP contribution < -0.4 is 10.7 Å². The lowest BCUT2D eigenvalue weighted by atomic mass is 10.0. The molecule has 3 aromatic carbocycles. The Hall–Kier alpha value is -3.67. The second-order valence-electron chi connectivity index (χ2n) is 6.17. The molecular formula is C21H19N3O3. The average molecular weight is 361 g/mol. The van der Waals surface area contributed by atoms with E-state index in [2.05, 4.69) is 15.8 Å². The highest BCUT2D eigenvalue weighted by atomic mass is 16.3. The van der Waals surface area contributed by atoms with Gasteiger partial charge in [-0.05, 0) is 53.9 Å². The number of phenols is 1. The number of carbonyl (C=O) groups is 2. The monoisotopic (exact) mass is 361 g/mol. The summed E-state index contributed by atoms with van der Waals surface area (Å²) in [6.45, 7) is 3.89. The molecule has 0 spiro atoms. The molecule has 27 heavy (non-hydrogen) atoms. The highest BCUT2D eigenvalue weighted by Crippen LogP contribution is 2.25. The molecule has 0 saturated heterocycles. The lowest BCUT2D eigenvalue weighted by Crippen LogP contribution is -2.32. The summed E-state index contributed by atoms with van der Waals surface area (Å²) >= 11 is 0. The van der Waals surface area contributed by atoms with Crippen LogP contribution in [0.15, 0.2) is 59.7 Å². The molecule has 0 radical (unpaired) electrons. The van der Waals surface area contributed by atoms with Crippen molar-refractivity contribution in [3.8, 4) is 5.75 Å². The van der Waals surface area contributed by atoms with Gasteiger partial charge in [0.15, 0.2) is 0 Å². The first-order chi connectivity index (χ1) is 13.0. The van der Waals surface area contributed by atoms with Gasteiger partial charge in [0, 0.05) is 11.3 Å². The zero-order chi connectivity index (χ0) is 19.4. The van der Waals surface area contributed by atoms with Crippen LogP contribution in [0.5, 0.6) is 5.75 Å². The maximum Gasteiger partial charge on any atom is 0.329 e. The van der Waals surface area contributed by atoms with Crippen molar-refractivity contribution in [1.29, 1.82) is 0 Å². The molecule has 0 aliphatic heterocycles. The quantitative estimate of drug-likeness (QED) is 0.380. The number of amides is 2. The van der Waals surface area contributed by atoms with Crippen molar-refractivity contribution >= 4 is 34.5 Å². The van der Waals surface area contributed by atoms with Crippen molar-refractivity contribution in [2.75, 3.05) is 5.32 Å². The topological polar surface area (TPSA) is 90.8 Å². The van der Waals surface area contributed by atoms with Gasteiger partial charge in [0.25, 0.3) is 0 Å². The largest absolute Gasteiger partial charge is 0.507 e. The predicted molar refractivity (Wildman–Crippen MR) is 106 cm³/mol. The van der Waals surface area contributed by atoms with E-state index in [1.165, 1.54) is 6.21 Å². The molecule has 0 aliphatic rings. The number of nitrogens with zero attached hydrogens (tertiary/aromatic N) is 1. The van der Waals surface area contributed by atoms with E-state index in [1.807, 2.05) is 44.2 Å². The molecule has 0 aromatic heterocycles. The number of anilines is 1. The fourth-order valence-corrected chi connectivity index (χ4v) is 2.63. The molecule has 2 amide bonds. The summed E-state index contributed by atoms with van der Waals surface area (Å²) in [6.07, 6.45) is 1.32. The third-order valence-electron chi connectivity index (χ3n) is 4.28. The SMILES string of the molecule is Cc1ccc(NC(=O)C(=O)N/N=C/c2c(O)ccc3ccccc23)cc1C. The molecule has 0 aliphatic carbocycles. The van der Waals surface area contributed by atoms with E-state index in [4.69, 9.17) is 0 Å². The van der Waals surface area contributed by atoms with Crippen molar-refractivity contribution in [3.63, 3.8) is 0 Å². The molecule has 0 fully saturated rings. The number of fused-ring (bicyclic) bond motifs is 1. The number of aryl methyl sites for hydroxylation is 2. The van der Waals surface area contributed by atoms with Crippen LogP contribution in [0.1, 0.15) is 16.7 Å². The zero-order valence-electron chi connectivity index (χ0n) is 15.0. The van der Waals surface area contributed by atoms with Gasteiger partial charge in [-0.25, -0.2) is 5.43 Å². The van der Waals surface area contributed by atoms with E-state index < -0.39 is 11.8 Å². The lowest BCUT2D eigenvalue weighted by molar-refractivity contribution is -0.136. The van der Waals surface area contributed by atoms with Crippen LogP contribution in [0.2, 0.25) is 0 Å². The van der Waals surface area contributed by atoms with Crippen LogP contribution in [0, 0.1) is 13.8 Å². The molecular weight excluding hydrogens is 342 g/mol. The van der Waals surface area contributed by atoms with Crippen molar-refractivity contribution in [2.45, 2.75) is 13.8 Å². The predicted octanol–water partition coefficient (Wildman–Crippen LogP) is 3.25. The number of phenolic OH excluding ortho intramolecular Hbond substituents is 1. The third-order valence-corrected chi connectivity index (χ3v) is 4.28. The molecule has 6 heteroatoms. The Kier molecular flexibility index (Phi) is 5.17. The Morgan fingerprint density at radius 2 is 1.74 bits per heavy atom. The molecule has 136 valence electrons. The van der Waals surface area contributed by atoms with Crippen LogP contribution in [-0.4, -0.2) is 23.1 Å². The number of benzene rings is 3. The minimum atomic E-state index is -0.899. The number of hydrazone groups is 1. The van der Waals surface area contributed by atoms with E-state index in [0.717, 1.165) is 21.9 Å². The molecule has 0 unspecified atom stereocenters. The van der Waals surface area contributed by atoms with E-state index in [-0.39, 0.29) is 5.75 Å². The van der Waals surface area contributed by atoms with Gasteiger partial charge in [-0.1, -0.05) is 36.4 Å². The average Bonchev–Trinajstić information content (AvgIpc) is 2.66. The summed E-state index contributed by atoms with van der Waals surface area (Å²) in [7, 11) is 0. The second-order valence-corrected chi connectivity index (χ2v) is 6.17. The Morgan fingerprint density at radius 1 is 0.963 bits per heavy atom. The molecule has 0 heterocycles. The van der Waals surface area contributed by atoms with Gasteiger partial charge in [0.2, 0.25) is 0 Å². The summed E-state index contributed by atoms with van der Waals surface area (Å²) in [5.74, 6) is -1.69. The lowest BCUT2D eigenvalue weighted by Gasteiger charge is -2.07. The number of hydrogen-bond acceptors (Lipinski definition) is 4. The highest BCUT2D eigenvalue weighted by molar-refractivity contribution is 6.39. The van der Waals surface area contributed by atoms with Crippen LogP contribution in [0.3, 0.4) is 0 Å². The van der Waals surface area contributed by atoms with Crippen LogP contribution in [0.4, 0.5) is 5.69 Å². The number of aromatic hydroxyl groups is 1. The number of carbonyl (C=O) groups excluding carboxylic acids is 2. The smallest absolute Gasteiger partial charge is 0.329 e. The Balaban J connectivity index is 1.69. The van der Waals surface area contributed by atoms with Crippen LogP contribution in [-0.2, 0) is 9.59 Å². The van der Waals surface area contributed by atoms with Gasteiger partial charge in [0.1, 0.15) is 5.75 Å². The fraction of sp³-hybridized carbons (Fsp3) is 0.0952. The molecule has 3 N–H and O–H groups in total. The maximum absolute atomic E-state index is 12.0. The Bertz CT molecular complexity index is 1060. The van der Waals surface area contributed by atoms with Gasteiger partial charge >= 0.3 is 11.8 Å². The van der Waals surface area contributed by atoms with Gasteiger partial charge in [0.05, 0.1) is 6.21 Å². The zero-order valence-corrected chi connectivity index (χ0v) is 15.0. The first kappa shape index (κ1) is 18.1. The molecule has 3 aromatic rings. The Morgan fingerprint density at radius 3 is 2.52 bits per heavy atom. The summed E-state index contributed by atoms with van der Waals surface area (Å²) in [5, 5.41) is 18.1. The van der Waals surface area contributed by atoms with Gasteiger partial charge < -0.3 is 10.4 Å². The summed E-state index contributed by atoms with van der Waals surface area (Å²) in [4.78, 5) is 23.9. The first-order valence-electron chi connectivity index (χ1n) is 8.38. The van der Waals surface area contributed by atoms with Crippen molar-refractivity contribution in [1.82, 2.24) is 5.43 Å². The summed E-state index contributed by atoms with van der Waals surface area (Å²) < 4.78 is 0. The molecule has 0 atom stereocenters. The third kappa shape index (κ3) is 4.12. The van der Waals surface area contributed by atoms with Gasteiger partial charge in [-0.3, -0.25) is 9.59 Å². The highest BCUT2D eigenvalue weighted by Gasteiger charge is 2.13. The van der Waals surface area contributed by atoms with Crippen LogP contribution >= 0.6 is 0 Å². The normalized spacial score (nSPS) is 10.9. The van der Waals surface area contributed by atoms with E-state index in [0.29, 0.717) is 11.3 Å². The molecule has 0 saturated carbocycles. The van der Waals surface area contributed by atoms with Crippen molar-refractivity contribution < 1.29 is 14.7 Å².